The Morgan fingerprint density at radius 1 is 0.338 bits per heavy atom. The van der Waals surface area contributed by atoms with Gasteiger partial charge in [-0.25, -0.2) is 16.8 Å². The molecule has 4 aromatic carbocycles. The van der Waals surface area contributed by atoms with Gasteiger partial charge < -0.3 is 9.11 Å². The minimum atomic E-state index is -4.48. The van der Waals surface area contributed by atoms with Crippen molar-refractivity contribution in [3.8, 4) is 0 Å². The van der Waals surface area contributed by atoms with Crippen molar-refractivity contribution in [1.29, 1.82) is 0 Å². The Kier molecular flexibility index (Phi) is 31.0. The fourth-order valence-electron chi connectivity index (χ4n) is 9.23. The first-order valence-corrected chi connectivity index (χ1v) is 28.8. The van der Waals surface area contributed by atoms with E-state index in [-0.39, 0.29) is 29.3 Å². The molecule has 4 rings (SSSR count). The molecule has 0 amide bonds. The predicted octanol–water partition coefficient (Wildman–Crippen LogP) is 16.7. The monoisotopic (exact) mass is 983 g/mol. The van der Waals surface area contributed by atoms with Gasteiger partial charge in [0.15, 0.2) is 0 Å². The van der Waals surface area contributed by atoms with Crippen molar-refractivity contribution < 1.29 is 45.4 Å². The smallest absolute Gasteiger partial charge is 0.744 e. The van der Waals surface area contributed by atoms with Gasteiger partial charge in [0, 0.05) is 0 Å². The molecule has 0 saturated heterocycles. The number of hydrogen-bond acceptors (Lipinski definition) is 6. The Bertz CT molecular complexity index is 1960. The van der Waals surface area contributed by atoms with Gasteiger partial charge in [-0.2, -0.15) is 0 Å². The summed E-state index contributed by atoms with van der Waals surface area (Å²) < 4.78 is 70.8. The molecule has 0 fully saturated rings. The zero-order valence-corrected chi connectivity index (χ0v) is 46.0. The molecule has 65 heavy (non-hydrogen) atoms. The molecule has 0 radical (unpaired) electrons. The van der Waals surface area contributed by atoms with E-state index in [1.807, 2.05) is 24.3 Å². The summed E-state index contributed by atoms with van der Waals surface area (Å²) in [6, 6.07) is 18.4. The number of unbranched alkanes of at least 4 members (excludes halogenated alkanes) is 24. The van der Waals surface area contributed by atoms with E-state index in [0.717, 1.165) is 49.3 Å². The average molecular weight is 985 g/mol. The van der Waals surface area contributed by atoms with Gasteiger partial charge in [0.2, 0.25) is 0 Å². The Balaban J connectivity index is 0.000000440. The number of hydrogen-bond donors (Lipinski definition) is 0. The summed E-state index contributed by atoms with van der Waals surface area (Å²) in [5, 5.41) is 2.90. The Labute approximate surface area is 410 Å². The van der Waals surface area contributed by atoms with Gasteiger partial charge in [-0.1, -0.05) is 218 Å². The molecule has 0 aliphatic carbocycles. The minimum Gasteiger partial charge on any atom is -0.744 e. The van der Waals surface area contributed by atoms with E-state index < -0.39 is 20.2 Å². The quantitative estimate of drug-likeness (QED) is 0.0262. The molecule has 0 aliphatic heterocycles. The summed E-state index contributed by atoms with van der Waals surface area (Å²) >= 11 is 0. The van der Waals surface area contributed by atoms with Crippen LogP contribution in [0, 0.1) is 0 Å². The van der Waals surface area contributed by atoms with Crippen molar-refractivity contribution in [3.63, 3.8) is 0 Å². The second-order valence-electron chi connectivity index (χ2n) is 18.6. The molecule has 0 aliphatic rings. The van der Waals surface area contributed by atoms with Crippen LogP contribution in [-0.2, 0) is 65.4 Å². The zero-order chi connectivity index (χ0) is 46.5. The van der Waals surface area contributed by atoms with E-state index in [4.69, 9.17) is 0 Å². The second-order valence-corrected chi connectivity index (χ2v) is 21.3. The van der Waals surface area contributed by atoms with Crippen LogP contribution in [0.25, 0.3) is 21.5 Å². The van der Waals surface area contributed by atoms with Gasteiger partial charge in [0.05, 0.1) is 9.79 Å². The van der Waals surface area contributed by atoms with Gasteiger partial charge in [0.25, 0.3) is 0 Å². The Hall–Kier alpha value is -2.16. The maximum absolute atomic E-state index is 11.8. The third-order valence-electron chi connectivity index (χ3n) is 13.1. The van der Waals surface area contributed by atoms with E-state index >= 15 is 0 Å². The molecule has 4 aromatic rings. The number of benzene rings is 4. The molecule has 0 N–H and O–H groups in total. The first kappa shape index (κ1) is 59.0. The van der Waals surface area contributed by atoms with Crippen LogP contribution >= 0.6 is 0 Å². The molecule has 0 atom stereocenters. The van der Waals surface area contributed by atoms with Crippen molar-refractivity contribution >= 4 is 41.8 Å². The van der Waals surface area contributed by atoms with Crippen molar-refractivity contribution in [1.82, 2.24) is 0 Å². The number of rotatable bonds is 34. The van der Waals surface area contributed by atoms with E-state index in [1.54, 1.807) is 12.1 Å². The van der Waals surface area contributed by atoms with Gasteiger partial charge in [-0.05, 0) is 119 Å². The minimum absolute atomic E-state index is 0. The molecule has 0 heterocycles. The predicted molar refractivity (Wildman–Crippen MR) is 271 cm³/mol. The van der Waals surface area contributed by atoms with Crippen molar-refractivity contribution in [2.75, 3.05) is 0 Å². The molecule has 9 heteroatoms. The summed E-state index contributed by atoms with van der Waals surface area (Å²) in [4.78, 5) is -0.170. The largest absolute Gasteiger partial charge is 2.00 e. The molecule has 0 bridgehead atoms. The van der Waals surface area contributed by atoms with Crippen molar-refractivity contribution in [2.45, 2.75) is 243 Å². The maximum atomic E-state index is 11.8. The topological polar surface area (TPSA) is 114 Å². The Morgan fingerprint density at radius 3 is 0.815 bits per heavy atom. The third-order valence-corrected chi connectivity index (χ3v) is 14.8. The average Bonchev–Trinajstić information content (AvgIpc) is 3.27. The molecular formula is C56H86O6S2Zn. The number of fused-ring (bicyclic) bond motifs is 2. The zero-order valence-electron chi connectivity index (χ0n) is 41.4. The fraction of sp³-hybridized carbons (Fsp3) is 0.643. The van der Waals surface area contributed by atoms with Crippen LogP contribution in [0.1, 0.15) is 230 Å². The van der Waals surface area contributed by atoms with E-state index in [0.29, 0.717) is 10.8 Å². The first-order valence-electron chi connectivity index (χ1n) is 25.9. The molecule has 0 spiro atoms. The number of aryl methyl sites for hydroxylation is 4. The summed E-state index contributed by atoms with van der Waals surface area (Å²) in [7, 11) is -8.96. The fourth-order valence-corrected chi connectivity index (χ4v) is 10.6. The first-order chi connectivity index (χ1) is 30.9. The molecule has 0 saturated carbocycles. The van der Waals surface area contributed by atoms with Gasteiger partial charge in [0.1, 0.15) is 20.2 Å². The van der Waals surface area contributed by atoms with Crippen LogP contribution < -0.4 is 0 Å². The molecule has 0 unspecified atom stereocenters. The van der Waals surface area contributed by atoms with Crippen molar-refractivity contribution in [2.24, 2.45) is 0 Å². The Morgan fingerprint density at radius 2 is 0.569 bits per heavy atom. The van der Waals surface area contributed by atoms with Gasteiger partial charge >= 0.3 is 19.5 Å². The summed E-state index contributed by atoms with van der Waals surface area (Å²) in [5.41, 5.74) is 5.12. The SMILES string of the molecule is CCCCCCCCCc1cc2cccc(S(=O)(=O)[O-])c2cc1CCCCCCCCC.CCCCCCCCCc1cc2cccc(S(=O)(=O)[O-])c2cc1CCCCCCCCC.[Zn+2]. The summed E-state index contributed by atoms with van der Waals surface area (Å²) in [6.45, 7) is 8.97. The van der Waals surface area contributed by atoms with Crippen LogP contribution in [0.5, 0.6) is 0 Å². The van der Waals surface area contributed by atoms with Gasteiger partial charge in [-0.3, -0.25) is 0 Å². The molecule has 360 valence electrons. The molecule has 0 aromatic heterocycles. The normalized spacial score (nSPS) is 11.8. The van der Waals surface area contributed by atoms with E-state index in [1.165, 1.54) is 201 Å². The van der Waals surface area contributed by atoms with Crippen molar-refractivity contribution in [3.05, 3.63) is 82.9 Å². The summed E-state index contributed by atoms with van der Waals surface area (Å²) in [6.07, 6.45) is 39.5. The maximum Gasteiger partial charge on any atom is 2.00 e. The van der Waals surface area contributed by atoms with E-state index in [2.05, 4.69) is 39.8 Å². The standard InChI is InChI=1S/2C28H44O3S.Zn/c2*1-3-5-7-9-11-13-15-18-24-22-26-20-17-21-28(32(29,30)31)27(26)23-25(24)19-16-14-12-10-8-6-4-2;/h2*17,20-23H,3-16,18-19H2,1-2H3,(H,29,30,31);/q;;+2/p-2. The van der Waals surface area contributed by atoms with Crippen LogP contribution in [-0.4, -0.2) is 25.9 Å². The molecular weight excluding hydrogens is 898 g/mol. The second kappa shape index (κ2) is 34.2. The third kappa shape index (κ3) is 23.1. The summed E-state index contributed by atoms with van der Waals surface area (Å²) in [5.74, 6) is 0. The van der Waals surface area contributed by atoms with Crippen LogP contribution in [0.3, 0.4) is 0 Å². The van der Waals surface area contributed by atoms with Gasteiger partial charge in [-0.15, -0.1) is 0 Å². The van der Waals surface area contributed by atoms with Crippen LogP contribution in [0.15, 0.2) is 70.5 Å². The van der Waals surface area contributed by atoms with Crippen LogP contribution in [0.2, 0.25) is 0 Å². The molecule has 6 nitrogen and oxygen atoms in total. The van der Waals surface area contributed by atoms with E-state index in [9.17, 15) is 25.9 Å². The van der Waals surface area contributed by atoms with Crippen LogP contribution in [0.4, 0.5) is 0 Å².